The average Bonchev–Trinajstić information content (AvgIpc) is 2.84. The van der Waals surface area contributed by atoms with Crippen molar-refractivity contribution in [1.29, 1.82) is 5.26 Å². The van der Waals surface area contributed by atoms with Crippen LogP contribution in [0.25, 0.3) is 22.4 Å². The van der Waals surface area contributed by atoms with Gasteiger partial charge in [0, 0.05) is 10.0 Å². The maximum atomic E-state index is 8.88. The fraction of sp³-hybridized carbons (Fsp3) is 0. The highest BCUT2D eigenvalue weighted by Crippen LogP contribution is 2.28. The van der Waals surface area contributed by atoms with Gasteiger partial charge in [-0.2, -0.15) is 5.26 Å². The van der Waals surface area contributed by atoms with E-state index < -0.39 is 0 Å². The number of nitriles is 1. The van der Waals surface area contributed by atoms with E-state index in [0.717, 1.165) is 26.9 Å². The van der Waals surface area contributed by atoms with Crippen LogP contribution in [0.1, 0.15) is 5.56 Å². The lowest BCUT2D eigenvalue weighted by Crippen LogP contribution is -1.80. The smallest absolute Gasteiger partial charge is 0.138 e. The van der Waals surface area contributed by atoms with Gasteiger partial charge < -0.3 is 4.98 Å². The maximum Gasteiger partial charge on any atom is 0.138 e. The van der Waals surface area contributed by atoms with Gasteiger partial charge in [-0.05, 0) is 52.3 Å². The van der Waals surface area contributed by atoms with Crippen LogP contribution in [0.3, 0.4) is 0 Å². The number of H-pyrrole nitrogens is 1. The van der Waals surface area contributed by atoms with Crippen LogP contribution in [0.4, 0.5) is 0 Å². The van der Waals surface area contributed by atoms with E-state index in [1.165, 1.54) is 0 Å². The molecule has 0 unspecified atom stereocenters. The molecule has 0 amide bonds. The monoisotopic (exact) mass is 331 g/mol. The standard InChI is InChI=1S/C14H7BrClN3/c15-10-6-9(2-3-11(10)16)14-18-12-4-1-8(7-17)5-13(12)19-14/h1-6H,(H,18,19). The zero-order chi connectivity index (χ0) is 13.4. The van der Waals surface area contributed by atoms with E-state index in [4.69, 9.17) is 16.9 Å². The molecule has 0 bridgehead atoms. The number of halogens is 2. The van der Waals surface area contributed by atoms with Crippen LogP contribution < -0.4 is 0 Å². The highest BCUT2D eigenvalue weighted by atomic mass is 79.9. The average molecular weight is 333 g/mol. The number of rotatable bonds is 1. The van der Waals surface area contributed by atoms with Crippen LogP contribution in [0.15, 0.2) is 40.9 Å². The number of benzene rings is 2. The molecule has 2 aromatic carbocycles. The van der Waals surface area contributed by atoms with Gasteiger partial charge in [-0.1, -0.05) is 11.6 Å². The molecule has 92 valence electrons. The van der Waals surface area contributed by atoms with Gasteiger partial charge in [0.25, 0.3) is 0 Å². The molecule has 3 nitrogen and oxygen atoms in total. The van der Waals surface area contributed by atoms with Gasteiger partial charge in [0.05, 0.1) is 27.7 Å². The lowest BCUT2D eigenvalue weighted by Gasteiger charge is -1.99. The molecule has 1 heterocycles. The number of aromatic amines is 1. The van der Waals surface area contributed by atoms with Gasteiger partial charge in [-0.3, -0.25) is 0 Å². The molecule has 1 N–H and O–H groups in total. The molecule has 0 saturated heterocycles. The Balaban J connectivity index is 2.15. The van der Waals surface area contributed by atoms with E-state index in [2.05, 4.69) is 32.0 Å². The van der Waals surface area contributed by atoms with Crippen LogP contribution in [0, 0.1) is 11.3 Å². The van der Waals surface area contributed by atoms with Gasteiger partial charge in [0.15, 0.2) is 0 Å². The highest BCUT2D eigenvalue weighted by molar-refractivity contribution is 9.10. The minimum absolute atomic E-state index is 0.611. The molecule has 3 aromatic rings. The van der Waals surface area contributed by atoms with Crippen molar-refractivity contribution in [3.63, 3.8) is 0 Å². The first-order chi connectivity index (χ1) is 9.17. The topological polar surface area (TPSA) is 52.5 Å². The van der Waals surface area contributed by atoms with Crippen molar-refractivity contribution in [3.05, 3.63) is 51.5 Å². The lowest BCUT2D eigenvalue weighted by molar-refractivity contribution is 1.33. The minimum atomic E-state index is 0.611. The van der Waals surface area contributed by atoms with Gasteiger partial charge in [-0.25, -0.2) is 4.98 Å². The molecular formula is C14H7BrClN3. The van der Waals surface area contributed by atoms with Crippen LogP contribution in [-0.2, 0) is 0 Å². The molecular weight excluding hydrogens is 326 g/mol. The summed E-state index contributed by atoms with van der Waals surface area (Å²) in [5, 5.41) is 9.54. The van der Waals surface area contributed by atoms with E-state index in [1.54, 1.807) is 12.1 Å². The van der Waals surface area contributed by atoms with Crippen molar-refractivity contribution in [2.45, 2.75) is 0 Å². The fourth-order valence-corrected chi connectivity index (χ4v) is 2.36. The van der Waals surface area contributed by atoms with E-state index in [9.17, 15) is 0 Å². The third-order valence-corrected chi connectivity index (χ3v) is 4.02. The van der Waals surface area contributed by atoms with Crippen LogP contribution in [0.5, 0.6) is 0 Å². The Morgan fingerprint density at radius 3 is 2.79 bits per heavy atom. The van der Waals surface area contributed by atoms with E-state index in [1.807, 2.05) is 24.3 Å². The first-order valence-corrected chi connectivity index (χ1v) is 6.70. The van der Waals surface area contributed by atoms with E-state index in [0.29, 0.717) is 10.6 Å². The summed E-state index contributed by atoms with van der Waals surface area (Å²) < 4.78 is 0.824. The van der Waals surface area contributed by atoms with Gasteiger partial charge >= 0.3 is 0 Å². The van der Waals surface area contributed by atoms with Crippen molar-refractivity contribution >= 4 is 38.6 Å². The predicted molar refractivity (Wildman–Crippen MR) is 79.0 cm³/mol. The third-order valence-electron chi connectivity index (χ3n) is 2.80. The number of nitrogens with one attached hydrogen (secondary N) is 1. The molecule has 0 radical (unpaired) electrons. The van der Waals surface area contributed by atoms with E-state index >= 15 is 0 Å². The number of imidazole rings is 1. The molecule has 3 rings (SSSR count). The molecule has 0 aliphatic rings. The first kappa shape index (κ1) is 12.2. The van der Waals surface area contributed by atoms with Crippen molar-refractivity contribution in [2.24, 2.45) is 0 Å². The van der Waals surface area contributed by atoms with Crippen LogP contribution in [-0.4, -0.2) is 9.97 Å². The van der Waals surface area contributed by atoms with Crippen LogP contribution >= 0.6 is 27.5 Å². The fourth-order valence-electron chi connectivity index (χ4n) is 1.86. The molecule has 0 aliphatic carbocycles. The van der Waals surface area contributed by atoms with Crippen molar-refractivity contribution in [3.8, 4) is 17.5 Å². The zero-order valence-electron chi connectivity index (χ0n) is 9.61. The summed E-state index contributed by atoms with van der Waals surface area (Å²) in [6.45, 7) is 0. The summed E-state index contributed by atoms with van der Waals surface area (Å²) in [5.74, 6) is 0.752. The molecule has 0 fully saturated rings. The summed E-state index contributed by atoms with van der Waals surface area (Å²) in [6.07, 6.45) is 0. The number of hydrogen-bond acceptors (Lipinski definition) is 2. The maximum absolute atomic E-state index is 8.88. The van der Waals surface area contributed by atoms with Crippen molar-refractivity contribution in [2.75, 3.05) is 0 Å². The predicted octanol–water partition coefficient (Wildman–Crippen LogP) is 4.52. The Morgan fingerprint density at radius 1 is 1.21 bits per heavy atom. The molecule has 0 spiro atoms. The Morgan fingerprint density at radius 2 is 2.05 bits per heavy atom. The summed E-state index contributed by atoms with van der Waals surface area (Å²) in [4.78, 5) is 7.71. The molecule has 0 aliphatic heterocycles. The first-order valence-electron chi connectivity index (χ1n) is 5.52. The normalized spacial score (nSPS) is 10.6. The molecule has 0 saturated carbocycles. The summed E-state index contributed by atoms with van der Waals surface area (Å²) >= 11 is 9.37. The Kier molecular flexibility index (Phi) is 3.02. The SMILES string of the molecule is N#Cc1ccc2nc(-c3ccc(Cl)c(Br)c3)[nH]c2c1. The summed E-state index contributed by atoms with van der Waals surface area (Å²) in [7, 11) is 0. The minimum Gasteiger partial charge on any atom is -0.338 e. The second kappa shape index (κ2) is 4.69. The quantitative estimate of drug-likeness (QED) is 0.712. The Hall–Kier alpha value is -1.83. The van der Waals surface area contributed by atoms with Gasteiger partial charge in [0.2, 0.25) is 0 Å². The van der Waals surface area contributed by atoms with Crippen molar-refractivity contribution in [1.82, 2.24) is 9.97 Å². The number of aromatic nitrogens is 2. The van der Waals surface area contributed by atoms with Crippen LogP contribution in [0.2, 0.25) is 5.02 Å². The zero-order valence-corrected chi connectivity index (χ0v) is 12.0. The van der Waals surface area contributed by atoms with E-state index in [-0.39, 0.29) is 0 Å². The van der Waals surface area contributed by atoms with Gasteiger partial charge in [-0.15, -0.1) is 0 Å². The molecule has 19 heavy (non-hydrogen) atoms. The van der Waals surface area contributed by atoms with Crippen molar-refractivity contribution < 1.29 is 0 Å². The highest BCUT2D eigenvalue weighted by Gasteiger charge is 2.07. The summed E-state index contributed by atoms with van der Waals surface area (Å²) in [5.41, 5.74) is 3.23. The second-order valence-electron chi connectivity index (χ2n) is 4.06. The molecule has 0 atom stereocenters. The molecule has 5 heteroatoms. The number of hydrogen-bond donors (Lipinski definition) is 1. The third kappa shape index (κ3) is 2.23. The lowest BCUT2D eigenvalue weighted by atomic mass is 10.2. The summed E-state index contributed by atoms with van der Waals surface area (Å²) in [6, 6.07) is 13.1. The Bertz CT molecular complexity index is 817. The number of nitrogens with zero attached hydrogens (tertiary/aromatic N) is 2. The Labute approximate surface area is 123 Å². The second-order valence-corrected chi connectivity index (χ2v) is 5.32. The molecule has 1 aromatic heterocycles. The number of fused-ring (bicyclic) bond motifs is 1. The van der Waals surface area contributed by atoms with Gasteiger partial charge in [0.1, 0.15) is 5.82 Å². The largest absolute Gasteiger partial charge is 0.338 e.